The number of carbonyl (C=O) groups is 2. The molecule has 1 aliphatic heterocycles. The molecule has 2 heterocycles. The third kappa shape index (κ3) is 7.34. The fourth-order valence-electron chi connectivity index (χ4n) is 4.63. The third-order valence-electron chi connectivity index (χ3n) is 7.13. The molecule has 1 aromatic heterocycles. The Kier molecular flexibility index (Phi) is 8.57. The molecule has 1 saturated carbocycles. The lowest BCUT2D eigenvalue weighted by Crippen LogP contribution is -2.44. The Morgan fingerprint density at radius 1 is 1.18 bits per heavy atom. The predicted octanol–water partition coefficient (Wildman–Crippen LogP) is 3.99. The van der Waals surface area contributed by atoms with Crippen LogP contribution in [0.5, 0.6) is 0 Å². The molecule has 0 spiro atoms. The molecule has 1 aliphatic carbocycles. The molecule has 3 N–H and O–H groups in total. The van der Waals surface area contributed by atoms with Crippen LogP contribution in [0.4, 0.5) is 29.2 Å². The van der Waals surface area contributed by atoms with Gasteiger partial charge in [0.05, 0.1) is 5.56 Å². The van der Waals surface area contributed by atoms with E-state index in [1.165, 1.54) is 25.4 Å². The highest BCUT2D eigenvalue weighted by Gasteiger charge is 2.37. The number of hydrogen-bond donors (Lipinski definition) is 3. The van der Waals surface area contributed by atoms with Crippen molar-refractivity contribution in [2.45, 2.75) is 63.8 Å². The molecule has 13 heteroatoms. The van der Waals surface area contributed by atoms with Crippen molar-refractivity contribution in [1.29, 1.82) is 0 Å². The Morgan fingerprint density at radius 3 is 2.44 bits per heavy atom. The SMILES string of the molecule is CC(NC(=O)CC1(CNc2ncnc(N(Cc3ccc(C(F)(F)F)cc3)C3CC3)c2F)CCOCC1)C(=O)O. The minimum absolute atomic E-state index is 0.00583. The second kappa shape index (κ2) is 11.7. The van der Waals surface area contributed by atoms with E-state index >= 15 is 4.39 Å². The van der Waals surface area contributed by atoms with Gasteiger partial charge in [-0.2, -0.15) is 17.6 Å². The van der Waals surface area contributed by atoms with Crippen molar-refractivity contribution in [3.05, 3.63) is 47.5 Å². The van der Waals surface area contributed by atoms with E-state index in [-0.39, 0.29) is 37.2 Å². The number of carboxylic acid groups (broad SMARTS) is 1. The summed E-state index contributed by atoms with van der Waals surface area (Å²) in [6, 6.07) is 3.73. The van der Waals surface area contributed by atoms with E-state index in [4.69, 9.17) is 9.84 Å². The van der Waals surface area contributed by atoms with Crippen LogP contribution in [0.3, 0.4) is 0 Å². The second-order valence-corrected chi connectivity index (χ2v) is 10.2. The van der Waals surface area contributed by atoms with E-state index in [1.807, 2.05) is 0 Å². The average molecular weight is 554 g/mol. The lowest BCUT2D eigenvalue weighted by Gasteiger charge is -2.37. The van der Waals surface area contributed by atoms with E-state index < -0.39 is 40.9 Å². The molecule has 39 heavy (non-hydrogen) atoms. The zero-order valence-electron chi connectivity index (χ0n) is 21.4. The summed E-state index contributed by atoms with van der Waals surface area (Å²) in [5.74, 6) is -2.27. The standard InChI is InChI=1S/C26H31F4N5O4/c1-16(24(37)38)34-20(36)12-25(8-10-39-11-9-25)14-31-22-21(27)23(33-15-32-22)35(19-6-7-19)13-17-2-4-18(5-3-17)26(28,29)30/h2-5,15-16,19H,6-14H2,1H3,(H,34,36)(H,37,38)(H,31,32,33). The van der Waals surface area contributed by atoms with E-state index in [9.17, 15) is 22.8 Å². The summed E-state index contributed by atoms with van der Waals surface area (Å²) in [5, 5.41) is 14.6. The summed E-state index contributed by atoms with van der Waals surface area (Å²) >= 11 is 0. The van der Waals surface area contributed by atoms with Gasteiger partial charge in [-0.25, -0.2) is 9.97 Å². The Hall–Kier alpha value is -3.48. The molecule has 212 valence electrons. The fraction of sp³-hybridized carbons (Fsp3) is 0.538. The van der Waals surface area contributed by atoms with Crippen LogP contribution in [0.2, 0.25) is 0 Å². The molecule has 2 aliphatic rings. The molecule has 1 unspecified atom stereocenters. The zero-order chi connectivity index (χ0) is 28.2. The van der Waals surface area contributed by atoms with Gasteiger partial charge < -0.3 is 25.4 Å². The van der Waals surface area contributed by atoms with Crippen molar-refractivity contribution in [3.8, 4) is 0 Å². The Labute approximate surface area is 223 Å². The molecule has 2 fully saturated rings. The van der Waals surface area contributed by atoms with Gasteiger partial charge in [-0.3, -0.25) is 9.59 Å². The minimum atomic E-state index is -4.44. The molecule has 1 aromatic carbocycles. The largest absolute Gasteiger partial charge is 0.480 e. The van der Waals surface area contributed by atoms with Gasteiger partial charge in [-0.05, 0) is 50.3 Å². The molecule has 1 saturated heterocycles. The zero-order valence-corrected chi connectivity index (χ0v) is 21.4. The molecule has 0 radical (unpaired) electrons. The number of ether oxygens (including phenoxy) is 1. The summed E-state index contributed by atoms with van der Waals surface area (Å²) in [7, 11) is 0. The normalized spacial score (nSPS) is 17.8. The first-order valence-corrected chi connectivity index (χ1v) is 12.7. The van der Waals surface area contributed by atoms with Gasteiger partial charge in [0.25, 0.3) is 0 Å². The third-order valence-corrected chi connectivity index (χ3v) is 7.13. The number of anilines is 2. The van der Waals surface area contributed by atoms with Gasteiger partial charge in [-0.15, -0.1) is 0 Å². The van der Waals surface area contributed by atoms with E-state index in [1.54, 1.807) is 4.90 Å². The van der Waals surface area contributed by atoms with Crippen molar-refractivity contribution < 1.29 is 37.0 Å². The van der Waals surface area contributed by atoms with Crippen molar-refractivity contribution in [1.82, 2.24) is 15.3 Å². The van der Waals surface area contributed by atoms with Crippen molar-refractivity contribution in [2.24, 2.45) is 5.41 Å². The number of benzene rings is 1. The molecule has 0 bridgehead atoms. The second-order valence-electron chi connectivity index (χ2n) is 10.2. The first-order chi connectivity index (χ1) is 18.5. The number of nitrogens with zero attached hydrogens (tertiary/aromatic N) is 3. The quantitative estimate of drug-likeness (QED) is 0.358. The predicted molar refractivity (Wildman–Crippen MR) is 133 cm³/mol. The monoisotopic (exact) mass is 553 g/mol. The van der Waals surface area contributed by atoms with Gasteiger partial charge >= 0.3 is 12.1 Å². The number of carbonyl (C=O) groups excluding carboxylic acids is 1. The van der Waals surface area contributed by atoms with Crippen LogP contribution in [0.1, 0.15) is 50.2 Å². The smallest absolute Gasteiger partial charge is 0.416 e. The number of aromatic nitrogens is 2. The van der Waals surface area contributed by atoms with Crippen molar-refractivity contribution in [2.75, 3.05) is 30.0 Å². The molecular weight excluding hydrogens is 522 g/mol. The van der Waals surface area contributed by atoms with Crippen LogP contribution >= 0.6 is 0 Å². The first-order valence-electron chi connectivity index (χ1n) is 12.7. The van der Waals surface area contributed by atoms with Crippen LogP contribution in [0.25, 0.3) is 0 Å². The van der Waals surface area contributed by atoms with Crippen molar-refractivity contribution >= 4 is 23.5 Å². The van der Waals surface area contributed by atoms with Gasteiger partial charge in [0.1, 0.15) is 12.4 Å². The minimum Gasteiger partial charge on any atom is -0.480 e. The molecular formula is C26H31F4N5O4. The molecule has 1 atom stereocenters. The summed E-state index contributed by atoms with van der Waals surface area (Å²) < 4.78 is 59.9. The van der Waals surface area contributed by atoms with E-state index in [0.29, 0.717) is 31.6 Å². The molecule has 4 rings (SSSR count). The van der Waals surface area contributed by atoms with Crippen LogP contribution < -0.4 is 15.5 Å². The number of aliphatic carboxylic acids is 1. The highest BCUT2D eigenvalue weighted by Crippen LogP contribution is 2.37. The lowest BCUT2D eigenvalue weighted by molar-refractivity contribution is -0.141. The summed E-state index contributed by atoms with van der Waals surface area (Å²) in [5.41, 5.74) is -0.767. The van der Waals surface area contributed by atoms with E-state index in [0.717, 1.165) is 25.0 Å². The number of carboxylic acids is 1. The molecule has 1 amide bonds. The summed E-state index contributed by atoms with van der Waals surface area (Å²) in [6.45, 7) is 2.57. The van der Waals surface area contributed by atoms with E-state index in [2.05, 4.69) is 20.6 Å². The first kappa shape index (κ1) is 28.5. The van der Waals surface area contributed by atoms with Crippen molar-refractivity contribution in [3.63, 3.8) is 0 Å². The Morgan fingerprint density at radius 2 is 1.85 bits per heavy atom. The number of halogens is 4. The Balaban J connectivity index is 1.48. The fourth-order valence-corrected chi connectivity index (χ4v) is 4.63. The van der Waals surface area contributed by atoms with Crippen LogP contribution in [0.15, 0.2) is 30.6 Å². The Bertz CT molecular complexity index is 1170. The number of nitrogens with one attached hydrogen (secondary N) is 2. The number of amides is 1. The molecule has 9 nitrogen and oxygen atoms in total. The summed E-state index contributed by atoms with van der Waals surface area (Å²) in [4.78, 5) is 33.6. The number of hydrogen-bond acceptors (Lipinski definition) is 7. The average Bonchev–Trinajstić information content (AvgIpc) is 3.72. The maximum atomic E-state index is 15.7. The van der Waals surface area contributed by atoms with Crippen LogP contribution in [-0.2, 0) is 27.0 Å². The lowest BCUT2D eigenvalue weighted by atomic mass is 9.77. The number of alkyl halides is 3. The van der Waals surface area contributed by atoms with Gasteiger partial charge in [-0.1, -0.05) is 12.1 Å². The molecule has 2 aromatic rings. The van der Waals surface area contributed by atoms with Gasteiger partial charge in [0, 0.05) is 44.2 Å². The van der Waals surface area contributed by atoms with Gasteiger partial charge in [0.2, 0.25) is 11.7 Å². The maximum absolute atomic E-state index is 15.7. The topological polar surface area (TPSA) is 117 Å². The highest BCUT2D eigenvalue weighted by molar-refractivity contribution is 5.83. The van der Waals surface area contributed by atoms with Gasteiger partial charge in [0.15, 0.2) is 11.6 Å². The van der Waals surface area contributed by atoms with Crippen LogP contribution in [0, 0.1) is 11.2 Å². The summed E-state index contributed by atoms with van der Waals surface area (Å²) in [6.07, 6.45) is -0.554. The van der Waals surface area contributed by atoms with Crippen LogP contribution in [-0.4, -0.2) is 58.8 Å². The number of rotatable bonds is 11. The maximum Gasteiger partial charge on any atom is 0.416 e. The highest BCUT2D eigenvalue weighted by atomic mass is 19.4.